The summed E-state index contributed by atoms with van der Waals surface area (Å²) in [6.45, 7) is 2.89. The fraction of sp³-hybridized carbons (Fsp3) is 0.261. The van der Waals surface area contributed by atoms with Crippen LogP contribution in [0.2, 0.25) is 0 Å². The topological polar surface area (TPSA) is 87.2 Å². The Morgan fingerprint density at radius 3 is 2.63 bits per heavy atom. The number of anilines is 1. The molecular weight excluding hydrogens is 380 g/mol. The first-order chi connectivity index (χ1) is 14.5. The van der Waals surface area contributed by atoms with Crippen molar-refractivity contribution in [1.82, 2.24) is 14.5 Å². The number of rotatable bonds is 4. The summed E-state index contributed by atoms with van der Waals surface area (Å²) in [7, 11) is 0. The molecule has 2 N–H and O–H groups in total. The van der Waals surface area contributed by atoms with E-state index in [4.69, 9.17) is 0 Å². The van der Waals surface area contributed by atoms with Gasteiger partial charge in [-0.25, -0.2) is 4.79 Å². The highest BCUT2D eigenvalue weighted by atomic mass is 16.2. The smallest absolute Gasteiger partial charge is 0.330 e. The predicted molar refractivity (Wildman–Crippen MR) is 115 cm³/mol. The Bertz CT molecular complexity index is 1120. The van der Waals surface area contributed by atoms with Gasteiger partial charge in [0.15, 0.2) is 0 Å². The lowest BCUT2D eigenvalue weighted by Gasteiger charge is -2.32. The molecule has 3 aromatic rings. The number of H-pyrrole nitrogens is 1. The number of aryl methyl sites for hydroxylation is 1. The van der Waals surface area contributed by atoms with Crippen molar-refractivity contribution in [2.24, 2.45) is 5.92 Å². The summed E-state index contributed by atoms with van der Waals surface area (Å²) < 4.78 is 1.55. The molecule has 7 heteroatoms. The molecule has 0 saturated carbocycles. The van der Waals surface area contributed by atoms with Gasteiger partial charge >= 0.3 is 5.69 Å². The minimum absolute atomic E-state index is 0.0441. The number of amides is 2. The predicted octanol–water partition coefficient (Wildman–Crippen LogP) is 2.96. The molecular formula is C23H24N4O3. The number of likely N-dealkylation sites (tertiary alicyclic amines) is 1. The van der Waals surface area contributed by atoms with Gasteiger partial charge in [-0.1, -0.05) is 24.3 Å². The van der Waals surface area contributed by atoms with E-state index in [2.05, 4.69) is 10.3 Å². The zero-order valence-electron chi connectivity index (χ0n) is 16.8. The van der Waals surface area contributed by atoms with Crippen LogP contribution in [0.3, 0.4) is 0 Å². The number of aromatic amines is 1. The Morgan fingerprint density at radius 1 is 1.10 bits per heavy atom. The molecule has 2 amide bonds. The average molecular weight is 404 g/mol. The third-order valence-electron chi connectivity index (χ3n) is 5.43. The van der Waals surface area contributed by atoms with Gasteiger partial charge in [-0.2, -0.15) is 0 Å². The molecule has 2 heterocycles. The van der Waals surface area contributed by atoms with Crippen LogP contribution in [0.15, 0.2) is 65.6 Å². The van der Waals surface area contributed by atoms with Crippen LogP contribution in [0.4, 0.5) is 5.69 Å². The number of benzene rings is 2. The highest BCUT2D eigenvalue weighted by Gasteiger charge is 2.29. The van der Waals surface area contributed by atoms with E-state index in [0.717, 1.165) is 18.5 Å². The third-order valence-corrected chi connectivity index (χ3v) is 5.43. The molecule has 0 aliphatic carbocycles. The maximum Gasteiger partial charge on any atom is 0.330 e. The van der Waals surface area contributed by atoms with Gasteiger partial charge in [0.25, 0.3) is 5.91 Å². The number of hydrogen-bond donors (Lipinski definition) is 2. The molecule has 1 fully saturated rings. The maximum absolute atomic E-state index is 12.9. The average Bonchev–Trinajstić information content (AvgIpc) is 3.12. The van der Waals surface area contributed by atoms with Crippen molar-refractivity contribution in [2.45, 2.75) is 19.8 Å². The molecule has 154 valence electrons. The maximum atomic E-state index is 12.9. The second kappa shape index (κ2) is 8.41. The van der Waals surface area contributed by atoms with Crippen molar-refractivity contribution < 1.29 is 9.59 Å². The number of hydrogen-bond acceptors (Lipinski definition) is 3. The normalized spacial score (nSPS) is 16.3. The minimum Gasteiger partial charge on any atom is -0.338 e. The summed E-state index contributed by atoms with van der Waals surface area (Å²) in [5.41, 5.74) is 2.50. The number of aromatic nitrogens is 2. The molecule has 1 aromatic heterocycles. The molecule has 1 unspecified atom stereocenters. The fourth-order valence-electron chi connectivity index (χ4n) is 3.88. The lowest BCUT2D eigenvalue weighted by molar-refractivity contribution is -0.121. The van der Waals surface area contributed by atoms with Crippen LogP contribution in [0.1, 0.15) is 28.9 Å². The number of carbonyl (C=O) groups excluding carboxylic acids is 2. The molecule has 1 saturated heterocycles. The van der Waals surface area contributed by atoms with Crippen LogP contribution in [-0.2, 0) is 4.79 Å². The van der Waals surface area contributed by atoms with Crippen LogP contribution in [0.5, 0.6) is 0 Å². The van der Waals surface area contributed by atoms with Gasteiger partial charge in [-0.05, 0) is 50.1 Å². The summed E-state index contributed by atoms with van der Waals surface area (Å²) in [5.74, 6) is -0.431. The zero-order valence-corrected chi connectivity index (χ0v) is 16.8. The van der Waals surface area contributed by atoms with Crippen LogP contribution in [0.25, 0.3) is 5.69 Å². The number of nitrogens with zero attached hydrogens (tertiary/aromatic N) is 2. The Balaban J connectivity index is 1.46. The molecule has 1 aliphatic heterocycles. The number of piperidine rings is 1. The first kappa shape index (κ1) is 19.7. The molecule has 0 bridgehead atoms. The molecule has 1 atom stereocenters. The lowest BCUT2D eigenvalue weighted by Crippen LogP contribution is -2.43. The first-order valence-corrected chi connectivity index (χ1v) is 10.1. The van der Waals surface area contributed by atoms with Gasteiger partial charge in [-0.15, -0.1) is 0 Å². The molecule has 4 rings (SSSR count). The van der Waals surface area contributed by atoms with Gasteiger partial charge in [0.2, 0.25) is 5.91 Å². The van der Waals surface area contributed by atoms with Crippen molar-refractivity contribution >= 4 is 17.5 Å². The Hall–Kier alpha value is -3.61. The summed E-state index contributed by atoms with van der Waals surface area (Å²) >= 11 is 0. The van der Waals surface area contributed by atoms with Crippen LogP contribution < -0.4 is 11.0 Å². The van der Waals surface area contributed by atoms with Crippen molar-refractivity contribution in [3.05, 3.63) is 82.5 Å². The van der Waals surface area contributed by atoms with Crippen LogP contribution in [-0.4, -0.2) is 39.4 Å². The van der Waals surface area contributed by atoms with E-state index in [-0.39, 0.29) is 23.4 Å². The number of nitrogens with one attached hydrogen (secondary N) is 2. The van der Waals surface area contributed by atoms with Gasteiger partial charge in [0, 0.05) is 36.2 Å². The van der Waals surface area contributed by atoms with Crippen molar-refractivity contribution in [1.29, 1.82) is 0 Å². The van der Waals surface area contributed by atoms with Crippen LogP contribution in [0, 0.1) is 12.8 Å². The Labute approximate surface area is 174 Å². The molecule has 30 heavy (non-hydrogen) atoms. The van der Waals surface area contributed by atoms with Crippen molar-refractivity contribution in [3.63, 3.8) is 0 Å². The third kappa shape index (κ3) is 4.05. The van der Waals surface area contributed by atoms with Gasteiger partial charge in [-0.3, -0.25) is 14.2 Å². The first-order valence-electron chi connectivity index (χ1n) is 10.1. The second-order valence-electron chi connectivity index (χ2n) is 7.57. The second-order valence-corrected chi connectivity index (χ2v) is 7.57. The molecule has 7 nitrogen and oxygen atoms in total. The largest absolute Gasteiger partial charge is 0.338 e. The van der Waals surface area contributed by atoms with Gasteiger partial charge < -0.3 is 15.2 Å². The highest BCUT2D eigenvalue weighted by Crippen LogP contribution is 2.22. The Morgan fingerprint density at radius 2 is 1.90 bits per heavy atom. The van der Waals surface area contributed by atoms with E-state index >= 15 is 0 Å². The lowest BCUT2D eigenvalue weighted by atomic mass is 9.96. The minimum atomic E-state index is -0.271. The number of carbonyl (C=O) groups is 2. The standard InChI is InChI=1S/C23H24N4O3/c1-16-14-24-23(30)27(16)20-11-5-10-19(13-20)25-21(28)18-9-6-12-26(15-18)22(29)17-7-3-2-4-8-17/h2-5,7-8,10-11,13-14,18H,6,9,12,15H2,1H3,(H,24,30)(H,25,28). The van der Waals surface area contributed by atoms with E-state index < -0.39 is 0 Å². The Kier molecular flexibility index (Phi) is 5.52. The molecule has 0 spiro atoms. The fourth-order valence-corrected chi connectivity index (χ4v) is 3.88. The van der Waals surface area contributed by atoms with Crippen molar-refractivity contribution in [2.75, 3.05) is 18.4 Å². The summed E-state index contributed by atoms with van der Waals surface area (Å²) in [5, 5.41) is 2.95. The molecule has 1 aliphatic rings. The highest BCUT2D eigenvalue weighted by molar-refractivity contribution is 5.96. The van der Waals surface area contributed by atoms with E-state index in [0.29, 0.717) is 30.0 Å². The van der Waals surface area contributed by atoms with E-state index in [1.807, 2.05) is 31.2 Å². The summed E-state index contributed by atoms with van der Waals surface area (Å²) in [6, 6.07) is 16.3. The number of imidazole rings is 1. The monoisotopic (exact) mass is 404 g/mol. The van der Waals surface area contributed by atoms with Crippen LogP contribution >= 0.6 is 0 Å². The zero-order chi connectivity index (χ0) is 21.1. The van der Waals surface area contributed by atoms with Crippen molar-refractivity contribution in [3.8, 4) is 5.69 Å². The van der Waals surface area contributed by atoms with E-state index in [9.17, 15) is 14.4 Å². The van der Waals surface area contributed by atoms with E-state index in [1.165, 1.54) is 0 Å². The molecule has 0 radical (unpaired) electrons. The molecule has 2 aromatic carbocycles. The van der Waals surface area contributed by atoms with E-state index in [1.54, 1.807) is 46.0 Å². The quantitative estimate of drug-likeness (QED) is 0.701. The SMILES string of the molecule is Cc1c[nH]c(=O)n1-c1cccc(NC(=O)C2CCCN(C(=O)c3ccccc3)C2)c1. The van der Waals surface area contributed by atoms with Gasteiger partial charge in [0.05, 0.1) is 11.6 Å². The summed E-state index contributed by atoms with van der Waals surface area (Å²) in [4.78, 5) is 42.0. The summed E-state index contributed by atoms with van der Waals surface area (Å²) in [6.07, 6.45) is 3.17. The van der Waals surface area contributed by atoms with Gasteiger partial charge in [0.1, 0.15) is 0 Å².